The Bertz CT molecular complexity index is 4800. The Hall–Kier alpha value is -8.20. The van der Waals surface area contributed by atoms with Crippen molar-refractivity contribution < 1.29 is 93.9 Å². The summed E-state index contributed by atoms with van der Waals surface area (Å²) < 4.78 is 5.68. The molecule has 0 unspecified atom stereocenters. The van der Waals surface area contributed by atoms with Gasteiger partial charge in [0, 0.05) is 10.8 Å². The summed E-state index contributed by atoms with van der Waals surface area (Å²) in [6.45, 7) is 0. The fraction of sp³-hybridized carbons (Fsp3) is 0.0108. The van der Waals surface area contributed by atoms with Crippen LogP contribution >= 0.6 is 31.7 Å². The van der Waals surface area contributed by atoms with Gasteiger partial charge in [0.15, 0.2) is 0 Å². The zero-order chi connectivity index (χ0) is 66.8. The van der Waals surface area contributed by atoms with E-state index in [4.69, 9.17) is 30.1 Å². The van der Waals surface area contributed by atoms with Crippen LogP contribution in [0.5, 0.6) is 0 Å². The molecule has 0 saturated heterocycles. The molecule has 0 atom stereocenters. The van der Waals surface area contributed by atoms with Crippen molar-refractivity contribution in [2.24, 2.45) is 0 Å². The molecule has 15 aromatic rings. The van der Waals surface area contributed by atoms with Crippen molar-refractivity contribution in [1.29, 1.82) is 0 Å². The molecule has 0 saturated carbocycles. The Morgan fingerprint density at radius 3 is 0.833 bits per heavy atom. The molecular formula is C93H66Au4OP4+4. The van der Waals surface area contributed by atoms with Crippen LogP contribution in [0.25, 0.3) is 33.1 Å². The molecule has 14 aromatic carbocycles. The Labute approximate surface area is 668 Å². The minimum Gasteiger partial charge on any atom is -0.458 e. The van der Waals surface area contributed by atoms with Gasteiger partial charge in [-0.25, -0.2) is 0 Å². The molecule has 9 heteroatoms. The number of benzene rings is 14. The average Bonchev–Trinajstić information content (AvgIpc) is 1.37. The van der Waals surface area contributed by atoms with E-state index >= 15 is 0 Å². The third-order valence-corrected chi connectivity index (χ3v) is 29.1. The summed E-state index contributed by atoms with van der Waals surface area (Å²) in [7, 11) is -4.56. The van der Waals surface area contributed by atoms with Gasteiger partial charge in [-0.2, -0.15) is 0 Å². The molecule has 0 radical (unpaired) electrons. The third-order valence-electron chi connectivity index (χ3n) is 17.4. The second kappa shape index (κ2) is 38.9. The van der Waals surface area contributed by atoms with Gasteiger partial charge < -0.3 is 30.1 Å². The van der Waals surface area contributed by atoms with E-state index in [1.165, 1.54) is 85.9 Å². The van der Waals surface area contributed by atoms with Crippen LogP contribution in [0.15, 0.2) is 368 Å². The Balaban J connectivity index is 0.000000162. The van der Waals surface area contributed by atoms with Gasteiger partial charge in [0.1, 0.15) is 107 Å². The van der Waals surface area contributed by atoms with E-state index in [0.29, 0.717) is 5.56 Å². The van der Waals surface area contributed by atoms with Gasteiger partial charge in [0.25, 0.3) is 0 Å². The summed E-state index contributed by atoms with van der Waals surface area (Å²) in [6, 6.07) is 130. The molecule has 0 spiro atoms. The van der Waals surface area contributed by atoms with Crippen molar-refractivity contribution >= 4 is 117 Å². The quantitative estimate of drug-likeness (QED) is 0.0514. The van der Waals surface area contributed by atoms with Gasteiger partial charge >= 0.3 is 89.5 Å². The average molecular weight is 2110 g/mol. The van der Waals surface area contributed by atoms with E-state index in [1.807, 2.05) is 54.6 Å². The molecule has 0 amide bonds. The summed E-state index contributed by atoms with van der Waals surface area (Å²) in [4.78, 5) is 0. The molecule has 1 aliphatic carbocycles. The minimum absolute atomic E-state index is 0. The van der Waals surface area contributed by atoms with Crippen LogP contribution in [0.4, 0.5) is 0 Å². The molecule has 0 aliphatic heterocycles. The summed E-state index contributed by atoms with van der Waals surface area (Å²) in [5, 5.41) is 19.4. The van der Waals surface area contributed by atoms with Crippen molar-refractivity contribution in [2.75, 3.05) is 0 Å². The van der Waals surface area contributed by atoms with Crippen molar-refractivity contribution in [3.63, 3.8) is 0 Å². The monoisotopic (exact) mass is 2110 g/mol. The number of hydrogen-bond acceptors (Lipinski definition) is 1. The first-order valence-corrected chi connectivity index (χ1v) is 38.5. The van der Waals surface area contributed by atoms with Gasteiger partial charge in [0.2, 0.25) is 0 Å². The summed E-state index contributed by atoms with van der Waals surface area (Å²) in [5.74, 6) is 9.53. The van der Waals surface area contributed by atoms with Gasteiger partial charge in [-0.1, -0.05) is 200 Å². The zero-order valence-electron chi connectivity index (χ0n) is 55.0. The fourth-order valence-corrected chi connectivity index (χ4v) is 24.9. The normalized spacial score (nSPS) is 10.5. The molecule has 1 aromatic heterocycles. The smallest absolute Gasteiger partial charge is 0.458 e. The zero-order valence-corrected chi connectivity index (χ0v) is 67.6. The first-order valence-electron chi connectivity index (χ1n) is 32.5. The van der Waals surface area contributed by atoms with E-state index in [2.05, 4.69) is 321 Å². The van der Waals surface area contributed by atoms with Crippen LogP contribution in [-0.4, -0.2) is 0 Å². The predicted octanol–water partition coefficient (Wildman–Crippen LogP) is 15.9. The molecule has 1 nitrogen and oxygen atoms in total. The van der Waals surface area contributed by atoms with Gasteiger partial charge in [0.05, 0.1) is 0 Å². The van der Waals surface area contributed by atoms with Crippen LogP contribution in [0.3, 0.4) is 0 Å². The largest absolute Gasteiger partial charge is 1.00 e. The van der Waals surface area contributed by atoms with Gasteiger partial charge in [-0.05, 0) is 151 Å². The van der Waals surface area contributed by atoms with Crippen molar-refractivity contribution in [1.82, 2.24) is 0 Å². The maximum absolute atomic E-state index is 7.17. The summed E-state index contributed by atoms with van der Waals surface area (Å²) in [6.07, 6.45) is 29.4. The Morgan fingerprint density at radius 2 is 0.500 bits per heavy atom. The number of furan rings is 1. The summed E-state index contributed by atoms with van der Waals surface area (Å²) >= 11 is 0. The molecular weight excluding hydrogens is 2040 g/mol. The van der Waals surface area contributed by atoms with E-state index in [0.717, 1.165) is 45.0 Å². The molecule has 504 valence electrons. The van der Waals surface area contributed by atoms with E-state index < -0.39 is 31.7 Å². The Morgan fingerprint density at radius 1 is 0.225 bits per heavy atom. The van der Waals surface area contributed by atoms with Crippen LogP contribution in [0.1, 0.15) is 33.4 Å². The van der Waals surface area contributed by atoms with Crippen molar-refractivity contribution in [2.45, 2.75) is 6.42 Å². The second-order valence-corrected chi connectivity index (χ2v) is 33.2. The standard InChI is InChI=1S/2C30H24P2.C17H8.C16H6O.4Au/c2*1-5-15-25(16-6-1)31(26-17-7-2-8-18-26)29-23-13-14-24-30(29)32(27-19-9-3-10-20-27)28-21-11-4-12-22-28;1-3-12-6-8-16-15(9-12)11-14-7-5-13(4-2)10-17(14)16;1-3-11-6-8-15-14(9-11)13-7-5-12(4-2)10-16(13)17-15;;;;/h2*1-24H;5-10H,11H2;5-10H;;;;/q;;2*-2;4*+1/p+4. The van der Waals surface area contributed by atoms with Gasteiger partial charge in [-0.3, -0.25) is 23.7 Å². The maximum atomic E-state index is 7.17. The minimum atomic E-state index is -1.14. The first-order chi connectivity index (χ1) is 48.5. The van der Waals surface area contributed by atoms with Crippen LogP contribution in [0.2, 0.25) is 0 Å². The molecule has 1 heterocycles. The van der Waals surface area contributed by atoms with E-state index in [1.54, 1.807) is 12.1 Å². The Kier molecular flexibility index (Phi) is 29.7. The van der Waals surface area contributed by atoms with Gasteiger partial charge in [-0.15, -0.1) is 64.7 Å². The molecule has 0 bridgehead atoms. The first kappa shape index (κ1) is 77.9. The van der Waals surface area contributed by atoms with Crippen LogP contribution in [-0.2, 0) is 95.9 Å². The molecule has 16 rings (SSSR count). The number of rotatable bonds is 12. The molecule has 0 N–H and O–H groups in total. The second-order valence-electron chi connectivity index (χ2n) is 23.5. The van der Waals surface area contributed by atoms with Crippen molar-refractivity contribution in [3.8, 4) is 34.8 Å². The maximum Gasteiger partial charge on any atom is 1.00 e. The number of hydrogen-bond donors (Lipinski definition) is 0. The molecule has 0 fully saturated rings. The van der Waals surface area contributed by atoms with Crippen molar-refractivity contribution in [3.05, 3.63) is 423 Å². The predicted molar refractivity (Wildman–Crippen MR) is 427 cm³/mol. The van der Waals surface area contributed by atoms with Crippen LogP contribution < -0.4 is 63.7 Å². The molecule has 102 heavy (non-hydrogen) atoms. The fourth-order valence-electron chi connectivity index (χ4n) is 12.9. The van der Waals surface area contributed by atoms with E-state index in [9.17, 15) is 0 Å². The third kappa shape index (κ3) is 18.6. The summed E-state index contributed by atoms with van der Waals surface area (Å²) in [5.41, 5.74) is 9.46. The number of fused-ring (bicyclic) bond motifs is 6. The SMILES string of the molecule is [Au+].[Au+].[Au+].[Au+].[C-]#Cc1ccc2c(c1)Cc1ccc(C#[C-])cc1-2.[C-]#Cc1ccc2c(c1)oc1ccc(C#[C-])cc12.c1ccc([PH+](c2ccccc2)c2ccccc2[PH+](c2ccccc2)c2ccccc2)cc1.c1ccc([PH+](c2ccccc2)c2ccccc2[PH+](c2ccccc2)c2ccccc2)cc1. The van der Waals surface area contributed by atoms with Crippen LogP contribution in [0, 0.1) is 49.4 Å². The van der Waals surface area contributed by atoms with E-state index in [-0.39, 0.29) is 89.5 Å². The molecule has 1 aliphatic rings. The topological polar surface area (TPSA) is 13.1 Å².